The first kappa shape index (κ1) is 14.4. The number of rotatable bonds is 6. The molecule has 0 radical (unpaired) electrons. The lowest BCUT2D eigenvalue weighted by Crippen LogP contribution is -2.48. The number of nitrogens with one attached hydrogen (secondary N) is 1. The molecular weight excluding hydrogens is 282 g/mol. The lowest BCUT2D eigenvalue weighted by Gasteiger charge is -2.41. The van der Waals surface area contributed by atoms with Crippen molar-refractivity contribution in [3.63, 3.8) is 0 Å². The molecular formula is C16H19N3OS. The fourth-order valence-electron chi connectivity index (χ4n) is 2.40. The third-order valence-corrected chi connectivity index (χ3v) is 4.83. The predicted octanol–water partition coefficient (Wildman–Crippen LogP) is 3.10. The largest absolute Gasteiger partial charge is 0.394 e. The first-order chi connectivity index (χ1) is 10.3. The second kappa shape index (κ2) is 6.45. The summed E-state index contributed by atoms with van der Waals surface area (Å²) < 4.78 is 0. The summed E-state index contributed by atoms with van der Waals surface area (Å²) in [6, 6.07) is 12.1. The highest BCUT2D eigenvalue weighted by atomic mass is 32.2. The standard InChI is InChI=1S/C16H19N3OS/c20-12-16(8-4-9-16)19-14-7-10-17-15(18-14)11-21-13-5-2-1-3-6-13/h1-3,5-7,10,20H,4,8-9,11-12H2,(H,17,18,19). The van der Waals surface area contributed by atoms with Crippen LogP contribution < -0.4 is 5.32 Å². The van der Waals surface area contributed by atoms with Crippen molar-refractivity contribution in [1.29, 1.82) is 0 Å². The Hall–Kier alpha value is -1.59. The maximum atomic E-state index is 9.51. The van der Waals surface area contributed by atoms with Gasteiger partial charge in [-0.25, -0.2) is 9.97 Å². The summed E-state index contributed by atoms with van der Waals surface area (Å²) in [6.45, 7) is 0.158. The van der Waals surface area contributed by atoms with Gasteiger partial charge in [0.25, 0.3) is 0 Å². The van der Waals surface area contributed by atoms with Gasteiger partial charge in [0.15, 0.2) is 0 Å². The Kier molecular flexibility index (Phi) is 4.41. The summed E-state index contributed by atoms with van der Waals surface area (Å²) in [6.07, 6.45) is 4.94. The highest BCUT2D eigenvalue weighted by Gasteiger charge is 2.36. The van der Waals surface area contributed by atoms with Crippen molar-refractivity contribution in [3.8, 4) is 0 Å². The van der Waals surface area contributed by atoms with Crippen LogP contribution in [0.5, 0.6) is 0 Å². The van der Waals surface area contributed by atoms with E-state index in [1.165, 1.54) is 4.90 Å². The van der Waals surface area contributed by atoms with E-state index in [1.54, 1.807) is 18.0 Å². The molecule has 0 aliphatic heterocycles. The van der Waals surface area contributed by atoms with Crippen LogP contribution in [0.2, 0.25) is 0 Å². The maximum absolute atomic E-state index is 9.51. The molecule has 1 fully saturated rings. The van der Waals surface area contributed by atoms with E-state index in [4.69, 9.17) is 0 Å². The molecule has 21 heavy (non-hydrogen) atoms. The Labute approximate surface area is 129 Å². The van der Waals surface area contributed by atoms with E-state index >= 15 is 0 Å². The predicted molar refractivity (Wildman–Crippen MR) is 85.3 cm³/mol. The third-order valence-electron chi connectivity index (χ3n) is 3.82. The second-order valence-electron chi connectivity index (χ2n) is 5.38. The molecule has 110 valence electrons. The van der Waals surface area contributed by atoms with Gasteiger partial charge in [0.1, 0.15) is 11.6 Å². The Morgan fingerprint density at radius 1 is 1.19 bits per heavy atom. The van der Waals surface area contributed by atoms with E-state index < -0.39 is 0 Å². The SMILES string of the molecule is OCC1(Nc2ccnc(CSc3ccccc3)n2)CCC1. The third kappa shape index (κ3) is 3.54. The van der Waals surface area contributed by atoms with Crippen molar-refractivity contribution in [1.82, 2.24) is 9.97 Å². The van der Waals surface area contributed by atoms with Crippen LogP contribution in [0.25, 0.3) is 0 Å². The molecule has 0 saturated heterocycles. The molecule has 5 heteroatoms. The van der Waals surface area contributed by atoms with Crippen LogP contribution in [0.1, 0.15) is 25.1 Å². The van der Waals surface area contributed by atoms with E-state index in [9.17, 15) is 5.11 Å². The first-order valence-electron chi connectivity index (χ1n) is 7.18. The molecule has 0 spiro atoms. The van der Waals surface area contributed by atoms with Crippen molar-refractivity contribution in [3.05, 3.63) is 48.4 Å². The number of aromatic nitrogens is 2. The topological polar surface area (TPSA) is 58.0 Å². The average Bonchev–Trinajstić information content (AvgIpc) is 2.50. The van der Waals surface area contributed by atoms with Gasteiger partial charge >= 0.3 is 0 Å². The van der Waals surface area contributed by atoms with E-state index in [1.807, 2.05) is 24.3 Å². The zero-order chi connectivity index (χ0) is 14.5. The molecule has 0 bridgehead atoms. The minimum absolute atomic E-state index is 0.158. The molecule has 1 aliphatic carbocycles. The highest BCUT2D eigenvalue weighted by Crippen LogP contribution is 2.34. The summed E-state index contributed by atoms with van der Waals surface area (Å²) in [5.41, 5.74) is -0.168. The van der Waals surface area contributed by atoms with Gasteiger partial charge in [0.2, 0.25) is 0 Å². The minimum atomic E-state index is -0.168. The van der Waals surface area contributed by atoms with Gasteiger partial charge in [-0.15, -0.1) is 11.8 Å². The van der Waals surface area contributed by atoms with Crippen LogP contribution >= 0.6 is 11.8 Å². The van der Waals surface area contributed by atoms with Crippen LogP contribution in [0.4, 0.5) is 5.82 Å². The lowest BCUT2D eigenvalue weighted by atomic mass is 9.77. The number of hydrogen-bond acceptors (Lipinski definition) is 5. The van der Waals surface area contributed by atoms with E-state index in [0.29, 0.717) is 0 Å². The summed E-state index contributed by atoms with van der Waals surface area (Å²) in [5.74, 6) is 2.36. The van der Waals surface area contributed by atoms with Crippen molar-refractivity contribution in [2.45, 2.75) is 35.4 Å². The molecule has 1 aromatic heterocycles. The Balaban J connectivity index is 1.63. The number of aliphatic hydroxyl groups excluding tert-OH is 1. The van der Waals surface area contributed by atoms with Gasteiger partial charge in [-0.05, 0) is 37.5 Å². The molecule has 4 nitrogen and oxygen atoms in total. The Morgan fingerprint density at radius 2 is 2.00 bits per heavy atom. The van der Waals surface area contributed by atoms with Crippen molar-refractivity contribution in [2.75, 3.05) is 11.9 Å². The fourth-order valence-corrected chi connectivity index (χ4v) is 3.19. The van der Waals surface area contributed by atoms with Crippen LogP contribution in [0, 0.1) is 0 Å². The monoisotopic (exact) mass is 301 g/mol. The molecule has 2 N–H and O–H groups in total. The molecule has 2 aromatic rings. The minimum Gasteiger partial charge on any atom is -0.394 e. The van der Waals surface area contributed by atoms with E-state index in [0.717, 1.165) is 36.7 Å². The molecule has 1 saturated carbocycles. The Morgan fingerprint density at radius 3 is 2.67 bits per heavy atom. The summed E-state index contributed by atoms with van der Waals surface area (Å²) in [7, 11) is 0. The van der Waals surface area contributed by atoms with Gasteiger partial charge in [0.05, 0.1) is 17.9 Å². The second-order valence-corrected chi connectivity index (χ2v) is 6.43. The number of anilines is 1. The van der Waals surface area contributed by atoms with Gasteiger partial charge in [-0.2, -0.15) is 0 Å². The van der Waals surface area contributed by atoms with Crippen molar-refractivity contribution in [2.24, 2.45) is 0 Å². The summed E-state index contributed by atoms with van der Waals surface area (Å²) >= 11 is 1.72. The van der Waals surface area contributed by atoms with Gasteiger partial charge < -0.3 is 10.4 Å². The zero-order valence-electron chi connectivity index (χ0n) is 11.8. The van der Waals surface area contributed by atoms with Gasteiger partial charge in [-0.1, -0.05) is 18.2 Å². The summed E-state index contributed by atoms with van der Waals surface area (Å²) in [4.78, 5) is 10.1. The van der Waals surface area contributed by atoms with Crippen LogP contribution in [-0.2, 0) is 5.75 Å². The van der Waals surface area contributed by atoms with Gasteiger partial charge in [-0.3, -0.25) is 0 Å². The van der Waals surface area contributed by atoms with Crippen LogP contribution in [0.15, 0.2) is 47.5 Å². The molecule has 1 heterocycles. The molecule has 3 rings (SSSR count). The van der Waals surface area contributed by atoms with Gasteiger partial charge in [0, 0.05) is 11.1 Å². The highest BCUT2D eigenvalue weighted by molar-refractivity contribution is 7.98. The number of nitrogens with zero attached hydrogens (tertiary/aromatic N) is 2. The Bertz CT molecular complexity index is 582. The maximum Gasteiger partial charge on any atom is 0.140 e. The number of thioether (sulfide) groups is 1. The smallest absolute Gasteiger partial charge is 0.140 e. The average molecular weight is 301 g/mol. The number of hydrogen-bond donors (Lipinski definition) is 2. The molecule has 1 aliphatic rings. The van der Waals surface area contributed by atoms with Crippen molar-refractivity contribution >= 4 is 17.6 Å². The van der Waals surface area contributed by atoms with Crippen LogP contribution in [0.3, 0.4) is 0 Å². The first-order valence-corrected chi connectivity index (χ1v) is 8.17. The fraction of sp³-hybridized carbons (Fsp3) is 0.375. The molecule has 0 atom stereocenters. The van der Waals surface area contributed by atoms with E-state index in [2.05, 4.69) is 27.4 Å². The normalized spacial score (nSPS) is 16.2. The number of benzene rings is 1. The zero-order valence-corrected chi connectivity index (χ0v) is 12.6. The molecule has 0 amide bonds. The molecule has 0 unspecified atom stereocenters. The lowest BCUT2D eigenvalue weighted by molar-refractivity contribution is 0.144. The van der Waals surface area contributed by atoms with Crippen LogP contribution in [-0.4, -0.2) is 27.2 Å². The quantitative estimate of drug-likeness (QED) is 0.803. The van der Waals surface area contributed by atoms with Crippen molar-refractivity contribution < 1.29 is 5.11 Å². The van der Waals surface area contributed by atoms with E-state index in [-0.39, 0.29) is 12.1 Å². The number of aliphatic hydroxyl groups is 1. The summed E-state index contributed by atoms with van der Waals surface area (Å²) in [5, 5.41) is 12.9. The molecule has 1 aromatic carbocycles.